The van der Waals surface area contributed by atoms with Crippen molar-refractivity contribution in [1.29, 1.82) is 0 Å². The quantitative estimate of drug-likeness (QED) is 0.394. The third-order valence-corrected chi connectivity index (χ3v) is 4.68. The van der Waals surface area contributed by atoms with Gasteiger partial charge in [0.2, 0.25) is 0 Å². The third-order valence-electron chi connectivity index (χ3n) is 4.68. The van der Waals surface area contributed by atoms with E-state index in [9.17, 15) is 4.79 Å². The van der Waals surface area contributed by atoms with Crippen LogP contribution in [0.2, 0.25) is 0 Å². The molecule has 5 nitrogen and oxygen atoms in total. The summed E-state index contributed by atoms with van der Waals surface area (Å²) in [5.74, 6) is 0.668. The fourth-order valence-corrected chi connectivity index (χ4v) is 3.34. The summed E-state index contributed by atoms with van der Waals surface area (Å²) in [7, 11) is 0. The van der Waals surface area contributed by atoms with Gasteiger partial charge in [0.05, 0.1) is 10.9 Å². The molecule has 5 heteroatoms. The number of nitrogens with zero attached hydrogens (tertiary/aromatic N) is 3. The zero-order valence-corrected chi connectivity index (χ0v) is 14.5. The van der Waals surface area contributed by atoms with Crippen LogP contribution in [0, 0.1) is 0 Å². The van der Waals surface area contributed by atoms with Gasteiger partial charge in [-0.2, -0.15) is 4.52 Å². The molecule has 5 aromatic rings. The van der Waals surface area contributed by atoms with Crippen molar-refractivity contribution in [3.8, 4) is 0 Å². The SMILES string of the molecule is O=c1c2ccccc2nc2c3ccccc3c(NCc3ccccc3)nn12. The Labute approximate surface area is 154 Å². The molecule has 130 valence electrons. The molecule has 0 fully saturated rings. The summed E-state index contributed by atoms with van der Waals surface area (Å²) in [4.78, 5) is 17.7. The molecule has 0 spiro atoms. The van der Waals surface area contributed by atoms with Crippen LogP contribution in [0.1, 0.15) is 5.56 Å². The smallest absolute Gasteiger partial charge is 0.282 e. The highest BCUT2D eigenvalue weighted by Gasteiger charge is 2.13. The van der Waals surface area contributed by atoms with Crippen molar-refractivity contribution in [3.05, 3.63) is 94.8 Å². The average molecular weight is 352 g/mol. The molecular formula is C22H16N4O. The van der Waals surface area contributed by atoms with E-state index in [-0.39, 0.29) is 5.56 Å². The van der Waals surface area contributed by atoms with E-state index in [0.717, 1.165) is 16.3 Å². The summed E-state index contributed by atoms with van der Waals surface area (Å²) in [6.07, 6.45) is 0. The molecule has 0 amide bonds. The minimum absolute atomic E-state index is 0.163. The number of aromatic nitrogens is 3. The van der Waals surface area contributed by atoms with Gasteiger partial charge in [0.15, 0.2) is 11.5 Å². The van der Waals surface area contributed by atoms with Crippen molar-refractivity contribution in [2.24, 2.45) is 0 Å². The molecule has 0 unspecified atom stereocenters. The van der Waals surface area contributed by atoms with Crippen molar-refractivity contribution >= 4 is 33.1 Å². The second kappa shape index (κ2) is 6.21. The molecule has 2 aromatic heterocycles. The molecule has 0 radical (unpaired) electrons. The maximum Gasteiger partial charge on any atom is 0.282 e. The normalized spacial score (nSPS) is 11.3. The van der Waals surface area contributed by atoms with E-state index in [1.54, 1.807) is 6.07 Å². The highest BCUT2D eigenvalue weighted by molar-refractivity contribution is 6.01. The van der Waals surface area contributed by atoms with Gasteiger partial charge in [-0.3, -0.25) is 4.79 Å². The van der Waals surface area contributed by atoms with Gasteiger partial charge in [-0.05, 0) is 17.7 Å². The fourth-order valence-electron chi connectivity index (χ4n) is 3.34. The Kier molecular flexibility index (Phi) is 3.57. The molecule has 0 atom stereocenters. The van der Waals surface area contributed by atoms with Crippen LogP contribution in [-0.4, -0.2) is 14.6 Å². The van der Waals surface area contributed by atoms with Crippen LogP contribution in [0.5, 0.6) is 0 Å². The minimum Gasteiger partial charge on any atom is -0.364 e. The van der Waals surface area contributed by atoms with E-state index in [0.29, 0.717) is 28.9 Å². The summed E-state index contributed by atoms with van der Waals surface area (Å²) < 4.78 is 1.40. The maximum absolute atomic E-state index is 13.0. The van der Waals surface area contributed by atoms with Gasteiger partial charge in [-0.15, -0.1) is 5.10 Å². The van der Waals surface area contributed by atoms with Gasteiger partial charge in [0.25, 0.3) is 5.56 Å². The Morgan fingerprint density at radius 1 is 0.778 bits per heavy atom. The predicted octanol–water partition coefficient (Wildman–Crippen LogP) is 4.01. The lowest BCUT2D eigenvalue weighted by atomic mass is 10.1. The molecule has 27 heavy (non-hydrogen) atoms. The first-order valence-corrected chi connectivity index (χ1v) is 8.79. The summed E-state index contributed by atoms with van der Waals surface area (Å²) in [5.41, 5.74) is 2.23. The van der Waals surface area contributed by atoms with E-state index in [2.05, 4.69) is 22.5 Å². The van der Waals surface area contributed by atoms with Gasteiger partial charge in [-0.1, -0.05) is 66.7 Å². The average Bonchev–Trinajstić information content (AvgIpc) is 2.73. The molecule has 0 saturated carbocycles. The Bertz CT molecular complexity index is 1340. The molecule has 5 rings (SSSR count). The molecule has 0 bridgehead atoms. The summed E-state index contributed by atoms with van der Waals surface area (Å²) in [5, 5.41) is 10.4. The molecule has 3 aromatic carbocycles. The number of para-hydroxylation sites is 1. The van der Waals surface area contributed by atoms with Crippen LogP contribution in [0.4, 0.5) is 5.82 Å². The zero-order chi connectivity index (χ0) is 18.2. The lowest BCUT2D eigenvalue weighted by Crippen LogP contribution is -2.19. The van der Waals surface area contributed by atoms with Gasteiger partial charge in [0.1, 0.15) is 0 Å². The second-order valence-corrected chi connectivity index (χ2v) is 6.40. The molecule has 0 aliphatic carbocycles. The molecule has 0 saturated heterocycles. The molecule has 0 aliphatic heterocycles. The van der Waals surface area contributed by atoms with Crippen LogP contribution in [0.15, 0.2) is 83.7 Å². The summed E-state index contributed by atoms with van der Waals surface area (Å²) in [6, 6.07) is 25.4. The van der Waals surface area contributed by atoms with E-state index < -0.39 is 0 Å². The van der Waals surface area contributed by atoms with Crippen molar-refractivity contribution in [3.63, 3.8) is 0 Å². The second-order valence-electron chi connectivity index (χ2n) is 6.40. The highest BCUT2D eigenvalue weighted by Crippen LogP contribution is 2.25. The molecule has 2 heterocycles. The standard InChI is InChI=1S/C22H16N4O/c27-22-18-12-6-7-13-19(18)24-21-17-11-5-4-10-16(17)20(25-26(21)22)23-14-15-8-2-1-3-9-15/h1-13H,14H2,(H,23,25). The molecule has 1 N–H and O–H groups in total. The van der Waals surface area contributed by atoms with Crippen molar-refractivity contribution < 1.29 is 0 Å². The lowest BCUT2D eigenvalue weighted by Gasteiger charge is -2.12. The van der Waals surface area contributed by atoms with Crippen LogP contribution < -0.4 is 10.9 Å². The first-order chi connectivity index (χ1) is 13.3. The molecule has 0 aliphatic rings. The predicted molar refractivity (Wildman–Crippen MR) is 108 cm³/mol. The zero-order valence-electron chi connectivity index (χ0n) is 14.5. The Morgan fingerprint density at radius 2 is 1.44 bits per heavy atom. The number of anilines is 1. The largest absolute Gasteiger partial charge is 0.364 e. The fraction of sp³-hybridized carbons (Fsp3) is 0.0455. The lowest BCUT2D eigenvalue weighted by molar-refractivity contribution is 0.887. The van der Waals surface area contributed by atoms with Crippen molar-refractivity contribution in [1.82, 2.24) is 14.6 Å². The third kappa shape index (κ3) is 2.60. The van der Waals surface area contributed by atoms with Crippen molar-refractivity contribution in [2.75, 3.05) is 5.32 Å². The minimum atomic E-state index is -0.163. The van der Waals surface area contributed by atoms with Gasteiger partial charge < -0.3 is 5.32 Å². The Hall–Kier alpha value is -3.73. The Balaban J connectivity index is 1.76. The highest BCUT2D eigenvalue weighted by atomic mass is 16.1. The van der Waals surface area contributed by atoms with Gasteiger partial charge in [-0.25, -0.2) is 4.98 Å². The number of rotatable bonds is 3. The van der Waals surface area contributed by atoms with Gasteiger partial charge in [0, 0.05) is 17.3 Å². The Morgan fingerprint density at radius 3 is 2.26 bits per heavy atom. The van der Waals surface area contributed by atoms with E-state index >= 15 is 0 Å². The number of hydrogen-bond acceptors (Lipinski definition) is 4. The van der Waals surface area contributed by atoms with Crippen LogP contribution in [0.3, 0.4) is 0 Å². The molecular weight excluding hydrogens is 336 g/mol. The monoisotopic (exact) mass is 352 g/mol. The maximum atomic E-state index is 13.0. The number of benzene rings is 3. The number of hydrogen-bond donors (Lipinski definition) is 1. The summed E-state index contributed by atoms with van der Waals surface area (Å²) in [6.45, 7) is 0.624. The van der Waals surface area contributed by atoms with E-state index in [4.69, 9.17) is 4.98 Å². The first kappa shape index (κ1) is 15.5. The van der Waals surface area contributed by atoms with Crippen LogP contribution >= 0.6 is 0 Å². The first-order valence-electron chi connectivity index (χ1n) is 8.79. The summed E-state index contributed by atoms with van der Waals surface area (Å²) >= 11 is 0. The van der Waals surface area contributed by atoms with Crippen LogP contribution in [-0.2, 0) is 6.54 Å². The van der Waals surface area contributed by atoms with E-state index in [1.807, 2.05) is 60.7 Å². The van der Waals surface area contributed by atoms with Crippen molar-refractivity contribution in [2.45, 2.75) is 6.54 Å². The topological polar surface area (TPSA) is 59.3 Å². The number of fused-ring (bicyclic) bond motifs is 4. The number of nitrogens with one attached hydrogen (secondary N) is 1. The van der Waals surface area contributed by atoms with Gasteiger partial charge >= 0.3 is 0 Å². The van der Waals surface area contributed by atoms with Crippen LogP contribution in [0.25, 0.3) is 27.3 Å². The van der Waals surface area contributed by atoms with E-state index in [1.165, 1.54) is 4.52 Å².